The van der Waals surface area contributed by atoms with Gasteiger partial charge in [0.2, 0.25) is 0 Å². The van der Waals surface area contributed by atoms with Crippen LogP contribution in [0.2, 0.25) is 0 Å². The van der Waals surface area contributed by atoms with Crippen molar-refractivity contribution < 1.29 is 14.6 Å². The highest BCUT2D eigenvalue weighted by Gasteiger charge is 2.26. The highest BCUT2D eigenvalue weighted by molar-refractivity contribution is 5.68. The van der Waals surface area contributed by atoms with E-state index in [9.17, 15) is 9.90 Å². The van der Waals surface area contributed by atoms with E-state index in [1.807, 2.05) is 12.1 Å². The Morgan fingerprint density at radius 2 is 2.10 bits per heavy atom. The zero-order chi connectivity index (χ0) is 13.9. The molecule has 0 aromatic heterocycles. The van der Waals surface area contributed by atoms with Gasteiger partial charge >= 0.3 is 5.97 Å². The molecular weight excluding hydrogens is 254 g/mol. The highest BCUT2D eigenvalue weighted by Crippen LogP contribution is 2.33. The van der Waals surface area contributed by atoms with E-state index in [2.05, 4.69) is 11.0 Å². The number of benzene rings is 1. The van der Waals surface area contributed by atoms with Crippen LogP contribution in [0.4, 0.5) is 0 Å². The molecule has 2 aliphatic rings. The minimum absolute atomic E-state index is 0.00120. The molecule has 1 aromatic rings. The molecule has 0 radical (unpaired) electrons. The third-order valence-electron chi connectivity index (χ3n) is 4.30. The van der Waals surface area contributed by atoms with Crippen LogP contribution in [0.15, 0.2) is 18.2 Å². The van der Waals surface area contributed by atoms with Gasteiger partial charge in [0, 0.05) is 12.5 Å². The summed E-state index contributed by atoms with van der Waals surface area (Å²) in [4.78, 5) is 13.5. The van der Waals surface area contributed by atoms with Gasteiger partial charge in [-0.3, -0.25) is 9.69 Å². The summed E-state index contributed by atoms with van der Waals surface area (Å²) < 4.78 is 5.53. The first-order valence-corrected chi connectivity index (χ1v) is 7.45. The van der Waals surface area contributed by atoms with Crippen LogP contribution in [-0.2, 0) is 11.2 Å². The molecule has 108 valence electrons. The highest BCUT2D eigenvalue weighted by atomic mass is 16.5. The Morgan fingerprint density at radius 1 is 1.30 bits per heavy atom. The monoisotopic (exact) mass is 275 g/mol. The van der Waals surface area contributed by atoms with Crippen LogP contribution in [0.5, 0.6) is 5.75 Å². The van der Waals surface area contributed by atoms with Crippen molar-refractivity contribution in [2.45, 2.75) is 38.1 Å². The van der Waals surface area contributed by atoms with Crippen molar-refractivity contribution in [3.8, 4) is 5.75 Å². The molecule has 0 bridgehead atoms. The lowest BCUT2D eigenvalue weighted by Crippen LogP contribution is -2.35. The Kier molecular flexibility index (Phi) is 3.92. The maximum Gasteiger partial charge on any atom is 0.305 e. The van der Waals surface area contributed by atoms with Crippen LogP contribution in [0, 0.1) is 0 Å². The van der Waals surface area contributed by atoms with Gasteiger partial charge in [0.25, 0.3) is 0 Å². The molecule has 4 heteroatoms. The topological polar surface area (TPSA) is 49.8 Å². The molecule has 4 nitrogen and oxygen atoms in total. The number of likely N-dealkylation sites (tertiary alicyclic amines) is 1. The van der Waals surface area contributed by atoms with Crippen LogP contribution in [0.3, 0.4) is 0 Å². The minimum atomic E-state index is -0.725. The SMILES string of the molecule is O=C(O)CC(c1ccc2c(c1)CCO2)N1CCCCC1. The van der Waals surface area contributed by atoms with E-state index in [1.54, 1.807) is 0 Å². The van der Waals surface area contributed by atoms with Crippen LogP contribution in [0.1, 0.15) is 42.9 Å². The van der Waals surface area contributed by atoms with Gasteiger partial charge in [-0.1, -0.05) is 18.6 Å². The van der Waals surface area contributed by atoms with Crippen molar-refractivity contribution in [1.29, 1.82) is 0 Å². The number of rotatable bonds is 4. The Hall–Kier alpha value is -1.55. The fraction of sp³-hybridized carbons (Fsp3) is 0.562. The number of fused-ring (bicyclic) bond motifs is 1. The van der Waals surface area contributed by atoms with Crippen molar-refractivity contribution in [3.63, 3.8) is 0 Å². The van der Waals surface area contributed by atoms with Crippen molar-refractivity contribution in [1.82, 2.24) is 4.90 Å². The van der Waals surface area contributed by atoms with Crippen molar-refractivity contribution >= 4 is 5.97 Å². The van der Waals surface area contributed by atoms with E-state index >= 15 is 0 Å². The number of hydrogen-bond acceptors (Lipinski definition) is 3. The molecule has 0 spiro atoms. The predicted octanol–water partition coefficient (Wildman–Crippen LogP) is 2.62. The van der Waals surface area contributed by atoms with E-state index in [0.29, 0.717) is 0 Å². The molecule has 1 aromatic carbocycles. The summed E-state index contributed by atoms with van der Waals surface area (Å²) in [7, 11) is 0. The molecule has 2 aliphatic heterocycles. The van der Waals surface area contributed by atoms with Gasteiger partial charge in [0.1, 0.15) is 5.75 Å². The van der Waals surface area contributed by atoms with Crippen LogP contribution < -0.4 is 4.74 Å². The van der Waals surface area contributed by atoms with Gasteiger partial charge in [-0.15, -0.1) is 0 Å². The zero-order valence-corrected chi connectivity index (χ0v) is 11.7. The first-order valence-electron chi connectivity index (χ1n) is 7.45. The number of aliphatic carboxylic acids is 1. The number of carbonyl (C=O) groups is 1. The quantitative estimate of drug-likeness (QED) is 0.917. The second-order valence-corrected chi connectivity index (χ2v) is 5.68. The molecule has 0 aliphatic carbocycles. The third-order valence-corrected chi connectivity index (χ3v) is 4.30. The Labute approximate surface area is 119 Å². The first-order chi connectivity index (χ1) is 9.74. The standard InChI is InChI=1S/C16H21NO3/c18-16(19)11-14(17-7-2-1-3-8-17)12-4-5-15-13(10-12)6-9-20-15/h4-5,10,14H,1-3,6-9,11H2,(H,18,19). The fourth-order valence-corrected chi connectivity index (χ4v) is 3.27. The molecule has 1 fully saturated rings. The summed E-state index contributed by atoms with van der Waals surface area (Å²) in [6.45, 7) is 2.75. The van der Waals surface area contributed by atoms with E-state index in [-0.39, 0.29) is 12.5 Å². The lowest BCUT2D eigenvalue weighted by atomic mass is 9.97. The van der Waals surface area contributed by atoms with Crippen LogP contribution >= 0.6 is 0 Å². The van der Waals surface area contributed by atoms with E-state index in [0.717, 1.165) is 37.4 Å². The molecule has 1 atom stereocenters. The summed E-state index contributed by atoms with van der Waals surface area (Å²) in [5, 5.41) is 9.22. The summed E-state index contributed by atoms with van der Waals surface area (Å²) in [5.41, 5.74) is 2.34. The van der Waals surface area contributed by atoms with Crippen molar-refractivity contribution in [3.05, 3.63) is 29.3 Å². The van der Waals surface area contributed by atoms with E-state index in [4.69, 9.17) is 4.74 Å². The summed E-state index contributed by atoms with van der Waals surface area (Å²) in [6.07, 6.45) is 4.71. The number of hydrogen-bond donors (Lipinski definition) is 1. The van der Waals surface area contributed by atoms with Crippen LogP contribution in [-0.4, -0.2) is 35.7 Å². The number of carboxylic acid groups (broad SMARTS) is 1. The predicted molar refractivity (Wildman–Crippen MR) is 76.1 cm³/mol. The molecule has 1 unspecified atom stereocenters. The Morgan fingerprint density at radius 3 is 2.85 bits per heavy atom. The normalized spacial score (nSPS) is 20.2. The van der Waals surface area contributed by atoms with Crippen LogP contribution in [0.25, 0.3) is 0 Å². The summed E-state index contributed by atoms with van der Waals surface area (Å²) in [6, 6.07) is 6.17. The molecule has 1 N–H and O–H groups in total. The van der Waals surface area contributed by atoms with Crippen molar-refractivity contribution in [2.75, 3.05) is 19.7 Å². The fourth-order valence-electron chi connectivity index (χ4n) is 3.27. The zero-order valence-electron chi connectivity index (χ0n) is 11.7. The first kappa shape index (κ1) is 13.4. The molecule has 0 amide bonds. The second kappa shape index (κ2) is 5.83. The summed E-state index contributed by atoms with van der Waals surface area (Å²) >= 11 is 0. The number of carboxylic acids is 1. The number of piperidine rings is 1. The average Bonchev–Trinajstić information content (AvgIpc) is 2.93. The lowest BCUT2D eigenvalue weighted by molar-refractivity contribution is -0.138. The Balaban J connectivity index is 1.85. The van der Waals surface area contributed by atoms with Gasteiger partial charge in [-0.25, -0.2) is 0 Å². The lowest BCUT2D eigenvalue weighted by Gasteiger charge is -2.34. The van der Waals surface area contributed by atoms with Gasteiger partial charge in [0.15, 0.2) is 0 Å². The second-order valence-electron chi connectivity index (χ2n) is 5.68. The molecule has 1 saturated heterocycles. The maximum absolute atomic E-state index is 11.2. The third kappa shape index (κ3) is 2.80. The molecule has 3 rings (SSSR count). The molecular formula is C16H21NO3. The smallest absolute Gasteiger partial charge is 0.305 e. The maximum atomic E-state index is 11.2. The van der Waals surface area contributed by atoms with Gasteiger partial charge in [-0.05, 0) is 43.1 Å². The molecule has 0 saturated carbocycles. The van der Waals surface area contributed by atoms with Crippen molar-refractivity contribution in [2.24, 2.45) is 0 Å². The van der Waals surface area contributed by atoms with E-state index < -0.39 is 5.97 Å². The molecule has 20 heavy (non-hydrogen) atoms. The molecule has 2 heterocycles. The van der Waals surface area contributed by atoms with Gasteiger partial charge < -0.3 is 9.84 Å². The number of ether oxygens (including phenoxy) is 1. The largest absolute Gasteiger partial charge is 0.493 e. The average molecular weight is 275 g/mol. The van der Waals surface area contributed by atoms with E-state index in [1.165, 1.54) is 24.8 Å². The minimum Gasteiger partial charge on any atom is -0.493 e. The van der Waals surface area contributed by atoms with Gasteiger partial charge in [-0.2, -0.15) is 0 Å². The summed E-state index contributed by atoms with van der Waals surface area (Å²) in [5.74, 6) is 0.235. The Bertz CT molecular complexity index is 494. The van der Waals surface area contributed by atoms with Gasteiger partial charge in [0.05, 0.1) is 13.0 Å². The number of nitrogens with zero attached hydrogens (tertiary/aromatic N) is 1.